The Hall–Kier alpha value is -2.47. The van der Waals surface area contributed by atoms with Crippen LogP contribution in [0, 0.1) is 6.92 Å². The van der Waals surface area contributed by atoms with Crippen molar-refractivity contribution in [3.63, 3.8) is 0 Å². The van der Waals surface area contributed by atoms with Gasteiger partial charge in [-0.25, -0.2) is 15.0 Å². The van der Waals surface area contributed by atoms with Gasteiger partial charge in [0, 0.05) is 24.0 Å². The van der Waals surface area contributed by atoms with E-state index in [1.165, 1.54) is 0 Å². The maximum atomic E-state index is 4.52. The van der Waals surface area contributed by atoms with Gasteiger partial charge in [0.2, 0.25) is 11.9 Å². The van der Waals surface area contributed by atoms with E-state index in [1.807, 2.05) is 37.4 Å². The van der Waals surface area contributed by atoms with Crippen LogP contribution in [-0.4, -0.2) is 45.5 Å². The first-order valence-electron chi connectivity index (χ1n) is 7.31. The molecule has 6 heteroatoms. The fraction of sp³-hybridized carbons (Fsp3) is 0.312. The van der Waals surface area contributed by atoms with Crippen LogP contribution in [-0.2, 0) is 6.42 Å². The highest BCUT2D eigenvalue weighted by Gasteiger charge is 2.06. The molecule has 1 aromatic carbocycles. The second-order valence-electron chi connectivity index (χ2n) is 5.59. The van der Waals surface area contributed by atoms with Gasteiger partial charge >= 0.3 is 0 Å². The van der Waals surface area contributed by atoms with E-state index in [2.05, 4.69) is 44.2 Å². The number of para-hydroxylation sites is 1. The van der Waals surface area contributed by atoms with Gasteiger partial charge in [-0.15, -0.1) is 0 Å². The molecule has 0 fully saturated rings. The van der Waals surface area contributed by atoms with Crippen LogP contribution < -0.4 is 5.32 Å². The average molecular weight is 296 g/mol. The summed E-state index contributed by atoms with van der Waals surface area (Å²) < 4.78 is 0. The maximum Gasteiger partial charge on any atom is 0.230 e. The van der Waals surface area contributed by atoms with E-state index >= 15 is 0 Å². The number of H-pyrrole nitrogens is 1. The lowest BCUT2D eigenvalue weighted by molar-refractivity contribution is 0.412. The standard InChI is InChI=1S/C16H20N6/c1-11-13-6-4-5-7-14(13)20-16(18-11)21-15-17-10-12(19-15)8-9-22(2)3/h4-7,10H,8-9H2,1-3H3,(H2,17,18,19,20,21). The number of imidazole rings is 1. The van der Waals surface area contributed by atoms with E-state index in [4.69, 9.17) is 0 Å². The number of rotatable bonds is 5. The first kappa shape index (κ1) is 14.5. The van der Waals surface area contributed by atoms with Crippen LogP contribution >= 0.6 is 0 Å². The van der Waals surface area contributed by atoms with Crippen LogP contribution in [0.4, 0.5) is 11.9 Å². The predicted molar refractivity (Wildman–Crippen MR) is 88.4 cm³/mol. The highest BCUT2D eigenvalue weighted by Crippen LogP contribution is 2.18. The van der Waals surface area contributed by atoms with Crippen molar-refractivity contribution in [1.29, 1.82) is 0 Å². The lowest BCUT2D eigenvalue weighted by Gasteiger charge is -2.07. The van der Waals surface area contributed by atoms with Crippen molar-refractivity contribution in [2.45, 2.75) is 13.3 Å². The third-order valence-corrected chi connectivity index (χ3v) is 3.48. The van der Waals surface area contributed by atoms with E-state index in [0.29, 0.717) is 11.9 Å². The quantitative estimate of drug-likeness (QED) is 0.757. The first-order valence-corrected chi connectivity index (χ1v) is 7.31. The van der Waals surface area contributed by atoms with Crippen LogP contribution in [0.15, 0.2) is 30.5 Å². The zero-order chi connectivity index (χ0) is 15.5. The highest BCUT2D eigenvalue weighted by atomic mass is 15.2. The van der Waals surface area contributed by atoms with Gasteiger partial charge in [-0.05, 0) is 27.1 Å². The molecule has 2 heterocycles. The van der Waals surface area contributed by atoms with Crippen molar-refractivity contribution in [1.82, 2.24) is 24.8 Å². The second kappa shape index (κ2) is 6.11. The minimum atomic E-state index is 0.560. The molecular formula is C16H20N6. The summed E-state index contributed by atoms with van der Waals surface area (Å²) in [4.78, 5) is 18.7. The number of benzene rings is 1. The molecule has 0 bridgehead atoms. The van der Waals surface area contributed by atoms with Crippen LogP contribution in [0.1, 0.15) is 11.4 Å². The Kier molecular flexibility index (Phi) is 4.02. The molecular weight excluding hydrogens is 276 g/mol. The third kappa shape index (κ3) is 3.23. The molecule has 0 atom stereocenters. The lowest BCUT2D eigenvalue weighted by atomic mass is 10.2. The van der Waals surface area contributed by atoms with Gasteiger partial charge in [0.25, 0.3) is 0 Å². The van der Waals surface area contributed by atoms with E-state index in [0.717, 1.165) is 35.3 Å². The number of nitrogens with zero attached hydrogens (tertiary/aromatic N) is 4. The Balaban J connectivity index is 1.78. The number of aromatic nitrogens is 4. The second-order valence-corrected chi connectivity index (χ2v) is 5.59. The van der Waals surface area contributed by atoms with Gasteiger partial charge < -0.3 is 9.88 Å². The fourth-order valence-electron chi connectivity index (χ4n) is 2.29. The molecule has 0 unspecified atom stereocenters. The minimum Gasteiger partial charge on any atom is -0.328 e. The van der Waals surface area contributed by atoms with Crippen LogP contribution in [0.2, 0.25) is 0 Å². The Morgan fingerprint density at radius 2 is 2.00 bits per heavy atom. The molecule has 2 N–H and O–H groups in total. The molecule has 6 nitrogen and oxygen atoms in total. The van der Waals surface area contributed by atoms with Crippen molar-refractivity contribution in [3.05, 3.63) is 41.9 Å². The smallest absolute Gasteiger partial charge is 0.230 e. The fourth-order valence-corrected chi connectivity index (χ4v) is 2.29. The Morgan fingerprint density at radius 3 is 2.82 bits per heavy atom. The van der Waals surface area contributed by atoms with E-state index < -0.39 is 0 Å². The molecule has 114 valence electrons. The van der Waals surface area contributed by atoms with Crippen molar-refractivity contribution in [2.24, 2.45) is 0 Å². The first-order chi connectivity index (χ1) is 10.6. The number of nitrogens with one attached hydrogen (secondary N) is 2. The molecule has 0 aliphatic carbocycles. The number of hydrogen-bond donors (Lipinski definition) is 2. The summed E-state index contributed by atoms with van der Waals surface area (Å²) in [6, 6.07) is 7.99. The summed E-state index contributed by atoms with van der Waals surface area (Å²) in [5, 5.41) is 4.21. The van der Waals surface area contributed by atoms with Crippen molar-refractivity contribution >= 4 is 22.8 Å². The zero-order valence-electron chi connectivity index (χ0n) is 13.1. The Labute approximate surface area is 129 Å². The van der Waals surface area contributed by atoms with Crippen LogP contribution in [0.25, 0.3) is 10.9 Å². The van der Waals surface area contributed by atoms with Gasteiger partial charge in [0.1, 0.15) is 0 Å². The number of likely N-dealkylation sites (N-methyl/N-ethyl adjacent to an activating group) is 1. The predicted octanol–water partition coefficient (Wildman–Crippen LogP) is 2.51. The monoisotopic (exact) mass is 296 g/mol. The molecule has 0 aliphatic heterocycles. The number of aryl methyl sites for hydroxylation is 1. The SMILES string of the molecule is Cc1nc(Nc2ncc(CCN(C)C)[nH]2)nc2ccccc12. The Morgan fingerprint density at radius 1 is 1.18 bits per heavy atom. The topological polar surface area (TPSA) is 69.7 Å². The lowest BCUT2D eigenvalue weighted by Crippen LogP contribution is -2.15. The molecule has 0 saturated carbocycles. The summed E-state index contributed by atoms with van der Waals surface area (Å²) in [5.74, 6) is 1.23. The number of anilines is 2. The van der Waals surface area contributed by atoms with Crippen molar-refractivity contribution in [2.75, 3.05) is 26.0 Å². The van der Waals surface area contributed by atoms with Gasteiger partial charge in [0.05, 0.1) is 17.4 Å². The maximum absolute atomic E-state index is 4.52. The molecule has 0 saturated heterocycles. The summed E-state index contributed by atoms with van der Waals surface area (Å²) >= 11 is 0. The molecule has 0 aliphatic rings. The van der Waals surface area contributed by atoms with Crippen LogP contribution in [0.3, 0.4) is 0 Å². The summed E-state index contributed by atoms with van der Waals surface area (Å²) in [7, 11) is 4.11. The molecule has 0 spiro atoms. The van der Waals surface area contributed by atoms with Gasteiger partial charge in [0.15, 0.2) is 0 Å². The number of hydrogen-bond acceptors (Lipinski definition) is 5. The van der Waals surface area contributed by atoms with Crippen molar-refractivity contribution in [3.8, 4) is 0 Å². The number of fused-ring (bicyclic) bond motifs is 1. The van der Waals surface area contributed by atoms with Gasteiger partial charge in [-0.1, -0.05) is 18.2 Å². The van der Waals surface area contributed by atoms with E-state index in [9.17, 15) is 0 Å². The van der Waals surface area contributed by atoms with Gasteiger partial charge in [-0.3, -0.25) is 5.32 Å². The summed E-state index contributed by atoms with van der Waals surface area (Å²) in [5.41, 5.74) is 2.97. The molecule has 3 aromatic rings. The molecule has 22 heavy (non-hydrogen) atoms. The molecule has 0 radical (unpaired) electrons. The van der Waals surface area contributed by atoms with Gasteiger partial charge in [-0.2, -0.15) is 0 Å². The van der Waals surface area contributed by atoms with Crippen molar-refractivity contribution < 1.29 is 0 Å². The molecule has 0 amide bonds. The summed E-state index contributed by atoms with van der Waals surface area (Å²) in [6.45, 7) is 2.97. The number of aromatic amines is 1. The van der Waals surface area contributed by atoms with E-state index in [-0.39, 0.29) is 0 Å². The molecule has 2 aromatic heterocycles. The third-order valence-electron chi connectivity index (χ3n) is 3.48. The van der Waals surface area contributed by atoms with Crippen LogP contribution in [0.5, 0.6) is 0 Å². The highest BCUT2D eigenvalue weighted by molar-refractivity contribution is 5.81. The normalized spacial score (nSPS) is 11.3. The largest absolute Gasteiger partial charge is 0.328 e. The molecule has 3 rings (SSSR count). The Bertz CT molecular complexity index is 777. The average Bonchev–Trinajstić information content (AvgIpc) is 2.93. The zero-order valence-corrected chi connectivity index (χ0v) is 13.1. The van der Waals surface area contributed by atoms with E-state index in [1.54, 1.807) is 0 Å². The summed E-state index contributed by atoms with van der Waals surface area (Å²) in [6.07, 6.45) is 2.78. The minimum absolute atomic E-state index is 0.560.